The molecule has 28 heavy (non-hydrogen) atoms. The lowest BCUT2D eigenvalue weighted by Gasteiger charge is -2.39. The van der Waals surface area contributed by atoms with Crippen LogP contribution in [0.5, 0.6) is 0 Å². The van der Waals surface area contributed by atoms with Crippen molar-refractivity contribution in [2.75, 3.05) is 6.61 Å². The minimum absolute atomic E-state index is 0.217. The topological polar surface area (TPSA) is 52.6 Å². The molecule has 0 unspecified atom stereocenters. The SMILES string of the molecule is CCOC(=O)[C@@H]1C=C(c2ccc(Cl)cc2)OC(=O)[C@@]1(CC)c1ccc(Cl)cc1. The molecule has 2 aromatic carbocycles. The maximum absolute atomic E-state index is 13.3. The van der Waals surface area contributed by atoms with Crippen molar-refractivity contribution in [3.8, 4) is 0 Å². The fourth-order valence-electron chi connectivity index (χ4n) is 3.53. The highest BCUT2D eigenvalue weighted by Gasteiger charge is 2.53. The Morgan fingerprint density at radius 1 is 1.04 bits per heavy atom. The number of hydrogen-bond acceptors (Lipinski definition) is 4. The summed E-state index contributed by atoms with van der Waals surface area (Å²) in [6.07, 6.45) is 2.03. The van der Waals surface area contributed by atoms with Crippen LogP contribution in [-0.4, -0.2) is 18.5 Å². The fraction of sp³-hybridized carbons (Fsp3) is 0.273. The van der Waals surface area contributed by atoms with Gasteiger partial charge in [0.2, 0.25) is 0 Å². The van der Waals surface area contributed by atoms with E-state index in [9.17, 15) is 9.59 Å². The second-order valence-electron chi connectivity index (χ2n) is 6.49. The van der Waals surface area contributed by atoms with Crippen LogP contribution in [0.15, 0.2) is 54.6 Å². The standard InChI is InChI=1S/C22H20Cl2O4/c1-3-22(15-7-11-17(24)12-8-15)18(20(25)27-4-2)13-19(28-21(22)26)14-5-9-16(23)10-6-14/h5-13,18H,3-4H2,1-2H3/t18-,22-/m0/s1. The minimum atomic E-state index is -1.19. The zero-order chi connectivity index (χ0) is 20.3. The summed E-state index contributed by atoms with van der Waals surface area (Å²) in [4.78, 5) is 26.1. The molecule has 0 amide bonds. The first kappa shape index (κ1) is 20.4. The first-order valence-electron chi connectivity index (χ1n) is 9.05. The van der Waals surface area contributed by atoms with Gasteiger partial charge in [-0.25, -0.2) is 0 Å². The first-order valence-corrected chi connectivity index (χ1v) is 9.80. The summed E-state index contributed by atoms with van der Waals surface area (Å²) in [5, 5.41) is 1.11. The van der Waals surface area contributed by atoms with Crippen molar-refractivity contribution in [3.63, 3.8) is 0 Å². The first-order chi connectivity index (χ1) is 13.4. The molecule has 146 valence electrons. The molecule has 3 rings (SSSR count). The Labute approximate surface area is 174 Å². The summed E-state index contributed by atoms with van der Waals surface area (Å²) in [6.45, 7) is 3.80. The average Bonchev–Trinajstić information content (AvgIpc) is 2.69. The van der Waals surface area contributed by atoms with Gasteiger partial charge in [0.25, 0.3) is 0 Å². The summed E-state index contributed by atoms with van der Waals surface area (Å²) in [6, 6.07) is 13.8. The minimum Gasteiger partial charge on any atom is -0.465 e. The van der Waals surface area contributed by atoms with Gasteiger partial charge in [-0.1, -0.05) is 42.3 Å². The highest BCUT2D eigenvalue weighted by atomic mass is 35.5. The van der Waals surface area contributed by atoms with Gasteiger partial charge < -0.3 is 9.47 Å². The van der Waals surface area contributed by atoms with Crippen LogP contribution in [0.4, 0.5) is 0 Å². The van der Waals surface area contributed by atoms with E-state index in [2.05, 4.69) is 0 Å². The lowest BCUT2D eigenvalue weighted by Crippen LogP contribution is -2.49. The van der Waals surface area contributed by atoms with Crippen molar-refractivity contribution >= 4 is 40.9 Å². The number of halogens is 2. The second kappa shape index (κ2) is 8.38. The summed E-state index contributed by atoms with van der Waals surface area (Å²) in [5.41, 5.74) is 0.133. The van der Waals surface area contributed by atoms with Crippen molar-refractivity contribution in [2.45, 2.75) is 25.7 Å². The number of carbonyl (C=O) groups is 2. The van der Waals surface area contributed by atoms with Crippen molar-refractivity contribution in [1.29, 1.82) is 0 Å². The van der Waals surface area contributed by atoms with Crippen LogP contribution in [0.3, 0.4) is 0 Å². The summed E-state index contributed by atoms with van der Waals surface area (Å²) in [5.74, 6) is -1.48. The number of cyclic esters (lactones) is 1. The van der Waals surface area contributed by atoms with Gasteiger partial charge in [0.05, 0.1) is 12.5 Å². The molecule has 4 nitrogen and oxygen atoms in total. The number of benzene rings is 2. The molecule has 0 N–H and O–H groups in total. The third-order valence-corrected chi connectivity index (χ3v) is 5.51. The Bertz CT molecular complexity index is 903. The van der Waals surface area contributed by atoms with Crippen LogP contribution in [0.2, 0.25) is 10.0 Å². The molecule has 2 atom stereocenters. The molecule has 2 aromatic rings. The van der Waals surface area contributed by atoms with Gasteiger partial charge in [-0.15, -0.1) is 0 Å². The fourth-order valence-corrected chi connectivity index (χ4v) is 3.78. The van der Waals surface area contributed by atoms with Gasteiger partial charge in [0.1, 0.15) is 11.2 Å². The van der Waals surface area contributed by atoms with Crippen LogP contribution < -0.4 is 0 Å². The molecular weight excluding hydrogens is 399 g/mol. The normalized spacial score (nSPS) is 21.6. The van der Waals surface area contributed by atoms with Crippen LogP contribution in [-0.2, 0) is 24.5 Å². The van der Waals surface area contributed by atoms with Gasteiger partial charge in [0.15, 0.2) is 0 Å². The Hall–Kier alpha value is -2.30. The van der Waals surface area contributed by atoms with E-state index >= 15 is 0 Å². The predicted molar refractivity (Wildman–Crippen MR) is 109 cm³/mol. The molecule has 0 bridgehead atoms. The number of esters is 2. The van der Waals surface area contributed by atoms with E-state index in [1.165, 1.54) is 0 Å². The molecule has 0 aliphatic carbocycles. The van der Waals surface area contributed by atoms with Crippen LogP contribution in [0.1, 0.15) is 31.4 Å². The molecule has 6 heteroatoms. The van der Waals surface area contributed by atoms with E-state index in [1.54, 1.807) is 61.5 Å². The van der Waals surface area contributed by atoms with Crippen molar-refractivity contribution in [3.05, 3.63) is 75.8 Å². The third-order valence-electron chi connectivity index (χ3n) is 5.00. The lowest BCUT2D eigenvalue weighted by atomic mass is 9.67. The average molecular weight is 419 g/mol. The van der Waals surface area contributed by atoms with Gasteiger partial charge in [0, 0.05) is 15.6 Å². The van der Waals surface area contributed by atoms with E-state index in [0.29, 0.717) is 33.4 Å². The quantitative estimate of drug-likeness (QED) is 0.608. The van der Waals surface area contributed by atoms with Gasteiger partial charge >= 0.3 is 11.9 Å². The molecule has 0 spiro atoms. The maximum Gasteiger partial charge on any atom is 0.323 e. The summed E-state index contributed by atoms with van der Waals surface area (Å²) in [7, 11) is 0. The van der Waals surface area contributed by atoms with Crippen LogP contribution >= 0.6 is 23.2 Å². The Morgan fingerprint density at radius 2 is 1.61 bits per heavy atom. The predicted octanol–water partition coefficient (Wildman–Crippen LogP) is 5.42. The number of hydrogen-bond donors (Lipinski definition) is 0. The van der Waals surface area contributed by atoms with Gasteiger partial charge in [-0.3, -0.25) is 9.59 Å². The Morgan fingerprint density at radius 3 is 2.14 bits per heavy atom. The monoisotopic (exact) mass is 418 g/mol. The number of ether oxygens (including phenoxy) is 2. The third kappa shape index (κ3) is 3.67. The zero-order valence-electron chi connectivity index (χ0n) is 15.6. The number of rotatable bonds is 5. The molecule has 0 saturated heterocycles. The molecule has 1 aliphatic heterocycles. The van der Waals surface area contributed by atoms with E-state index in [4.69, 9.17) is 32.7 Å². The molecule has 0 saturated carbocycles. The second-order valence-corrected chi connectivity index (χ2v) is 7.36. The maximum atomic E-state index is 13.3. The molecule has 0 radical (unpaired) electrons. The zero-order valence-corrected chi connectivity index (χ0v) is 17.1. The summed E-state index contributed by atoms with van der Waals surface area (Å²) >= 11 is 12.0. The largest absolute Gasteiger partial charge is 0.465 e. The molecule has 0 fully saturated rings. The Kier molecular flexibility index (Phi) is 6.11. The Balaban J connectivity index is 2.15. The van der Waals surface area contributed by atoms with E-state index in [1.807, 2.05) is 6.92 Å². The van der Waals surface area contributed by atoms with E-state index in [-0.39, 0.29) is 6.61 Å². The van der Waals surface area contributed by atoms with Crippen molar-refractivity contribution in [1.82, 2.24) is 0 Å². The molecule has 0 aromatic heterocycles. The molecule has 1 aliphatic rings. The van der Waals surface area contributed by atoms with Crippen molar-refractivity contribution < 1.29 is 19.1 Å². The number of carbonyl (C=O) groups excluding carboxylic acids is 2. The molecular formula is C22H20Cl2O4. The highest BCUT2D eigenvalue weighted by Crippen LogP contribution is 2.44. The lowest BCUT2D eigenvalue weighted by molar-refractivity contribution is -0.159. The van der Waals surface area contributed by atoms with E-state index < -0.39 is 23.3 Å². The highest BCUT2D eigenvalue weighted by molar-refractivity contribution is 6.30. The summed E-state index contributed by atoms with van der Waals surface area (Å²) < 4.78 is 11.0. The van der Waals surface area contributed by atoms with Crippen LogP contribution in [0, 0.1) is 5.92 Å². The van der Waals surface area contributed by atoms with Crippen LogP contribution in [0.25, 0.3) is 5.76 Å². The van der Waals surface area contributed by atoms with E-state index in [0.717, 1.165) is 0 Å². The smallest absolute Gasteiger partial charge is 0.323 e. The van der Waals surface area contributed by atoms with Gasteiger partial charge in [-0.2, -0.15) is 0 Å². The van der Waals surface area contributed by atoms with Gasteiger partial charge in [-0.05, 0) is 61.4 Å². The van der Waals surface area contributed by atoms with Crippen molar-refractivity contribution in [2.24, 2.45) is 5.92 Å². The molecule has 1 heterocycles.